The van der Waals surface area contributed by atoms with Crippen LogP contribution in [0.1, 0.15) is 11.1 Å². The second-order valence-electron chi connectivity index (χ2n) is 5.55. The number of carbonyl (C=O) groups excluding carboxylic acids is 1. The summed E-state index contributed by atoms with van der Waals surface area (Å²) in [5.41, 5.74) is 1.85. The summed E-state index contributed by atoms with van der Waals surface area (Å²) >= 11 is 0. The molecule has 0 aliphatic heterocycles. The van der Waals surface area contributed by atoms with Gasteiger partial charge in [0.2, 0.25) is 5.75 Å². The van der Waals surface area contributed by atoms with E-state index in [2.05, 4.69) is 10.5 Å². The van der Waals surface area contributed by atoms with Crippen LogP contribution in [0.3, 0.4) is 0 Å². The molecule has 2 rings (SSSR count). The second kappa shape index (κ2) is 10.7. The third-order valence-corrected chi connectivity index (χ3v) is 3.74. The third kappa shape index (κ3) is 6.22. The predicted octanol–water partition coefficient (Wildman–Crippen LogP) is 2.42. The van der Waals surface area contributed by atoms with Gasteiger partial charge in [0.1, 0.15) is 0 Å². The number of amides is 1. The van der Waals surface area contributed by atoms with Gasteiger partial charge in [0.05, 0.1) is 27.5 Å². The molecule has 2 aromatic rings. The third-order valence-electron chi connectivity index (χ3n) is 3.74. The molecule has 0 aromatic heterocycles. The van der Waals surface area contributed by atoms with Crippen molar-refractivity contribution in [3.05, 3.63) is 53.6 Å². The van der Waals surface area contributed by atoms with Crippen molar-refractivity contribution < 1.29 is 23.8 Å². The summed E-state index contributed by atoms with van der Waals surface area (Å²) in [5.74, 6) is 1.29. The van der Waals surface area contributed by atoms with E-state index in [9.17, 15) is 4.79 Å². The number of hydrogen-bond acceptors (Lipinski definition) is 6. The van der Waals surface area contributed by atoms with Crippen LogP contribution in [0.4, 0.5) is 0 Å². The van der Waals surface area contributed by atoms with Gasteiger partial charge in [0, 0.05) is 12.1 Å². The van der Waals surface area contributed by atoms with Gasteiger partial charge in [-0.15, -0.1) is 0 Å². The first kappa shape index (κ1) is 20.1. The Kier molecular flexibility index (Phi) is 7.96. The van der Waals surface area contributed by atoms with Crippen molar-refractivity contribution in [1.82, 2.24) is 5.32 Å². The Bertz CT molecular complexity index is 737. The number of hydrogen-bond donors (Lipinski definition) is 1. The maximum Gasteiger partial charge on any atom is 0.260 e. The molecule has 0 heterocycles. The highest BCUT2D eigenvalue weighted by molar-refractivity contribution is 5.82. The average Bonchev–Trinajstić information content (AvgIpc) is 2.71. The van der Waals surface area contributed by atoms with Crippen LogP contribution < -0.4 is 19.5 Å². The van der Waals surface area contributed by atoms with Crippen LogP contribution in [0.2, 0.25) is 0 Å². The van der Waals surface area contributed by atoms with E-state index in [1.54, 1.807) is 12.1 Å². The summed E-state index contributed by atoms with van der Waals surface area (Å²) in [6.07, 6.45) is 2.24. The van der Waals surface area contributed by atoms with Gasteiger partial charge in [0.15, 0.2) is 18.1 Å². The maximum absolute atomic E-state index is 11.8. The van der Waals surface area contributed by atoms with Crippen molar-refractivity contribution in [3.8, 4) is 17.2 Å². The van der Waals surface area contributed by atoms with Gasteiger partial charge in [-0.05, 0) is 24.1 Å². The van der Waals surface area contributed by atoms with Crippen LogP contribution in [-0.4, -0.2) is 46.6 Å². The second-order valence-corrected chi connectivity index (χ2v) is 5.55. The van der Waals surface area contributed by atoms with E-state index < -0.39 is 0 Å². The largest absolute Gasteiger partial charge is 0.493 e. The summed E-state index contributed by atoms with van der Waals surface area (Å²) < 4.78 is 15.8. The molecular formula is C20H24N2O5. The van der Waals surface area contributed by atoms with E-state index in [4.69, 9.17) is 19.0 Å². The fourth-order valence-electron chi connectivity index (χ4n) is 2.41. The first-order valence-corrected chi connectivity index (χ1v) is 8.44. The predicted molar refractivity (Wildman–Crippen MR) is 103 cm³/mol. The lowest BCUT2D eigenvalue weighted by molar-refractivity contribution is -0.125. The molecule has 0 spiro atoms. The summed E-state index contributed by atoms with van der Waals surface area (Å²) in [7, 11) is 4.61. The quantitative estimate of drug-likeness (QED) is 0.512. The summed E-state index contributed by atoms with van der Waals surface area (Å²) in [6.45, 7) is 0.387. The lowest BCUT2D eigenvalue weighted by Crippen LogP contribution is -2.28. The average molecular weight is 372 g/mol. The molecule has 7 nitrogen and oxygen atoms in total. The van der Waals surface area contributed by atoms with Crippen LogP contribution in [-0.2, 0) is 16.1 Å². The zero-order valence-corrected chi connectivity index (χ0v) is 15.7. The van der Waals surface area contributed by atoms with Crippen molar-refractivity contribution in [2.45, 2.75) is 6.42 Å². The number of nitrogens with zero attached hydrogens (tertiary/aromatic N) is 1. The van der Waals surface area contributed by atoms with E-state index >= 15 is 0 Å². The zero-order chi connectivity index (χ0) is 19.5. The zero-order valence-electron chi connectivity index (χ0n) is 15.7. The molecular weight excluding hydrogens is 348 g/mol. The molecule has 1 N–H and O–H groups in total. The van der Waals surface area contributed by atoms with Crippen molar-refractivity contribution in [2.75, 3.05) is 34.5 Å². The number of methoxy groups -OCH3 is 3. The molecule has 0 saturated carbocycles. The maximum atomic E-state index is 11.8. The first-order valence-electron chi connectivity index (χ1n) is 8.44. The highest BCUT2D eigenvalue weighted by atomic mass is 16.6. The highest BCUT2D eigenvalue weighted by Crippen LogP contribution is 2.37. The number of benzene rings is 2. The standard InChI is InChI=1S/C20H24N2O5/c1-24-17-11-16(12-18(25-2)20(17)26-3)13-22-27-14-19(23)21-10-9-15-7-5-4-6-8-15/h4-8,11-13H,9-10,14H2,1-3H3,(H,21,23)/b22-13-. The Labute approximate surface area is 158 Å². The Morgan fingerprint density at radius 3 is 2.30 bits per heavy atom. The van der Waals surface area contributed by atoms with Gasteiger partial charge in [0.25, 0.3) is 5.91 Å². The van der Waals surface area contributed by atoms with Crippen molar-refractivity contribution >= 4 is 12.1 Å². The Morgan fingerprint density at radius 2 is 1.70 bits per heavy atom. The van der Waals surface area contributed by atoms with Crippen molar-refractivity contribution in [2.24, 2.45) is 5.16 Å². The van der Waals surface area contributed by atoms with Gasteiger partial charge in [-0.25, -0.2) is 0 Å². The van der Waals surface area contributed by atoms with Gasteiger partial charge in [-0.1, -0.05) is 35.5 Å². The highest BCUT2D eigenvalue weighted by Gasteiger charge is 2.12. The van der Waals surface area contributed by atoms with Crippen molar-refractivity contribution in [3.63, 3.8) is 0 Å². The number of oxime groups is 1. The van der Waals surface area contributed by atoms with Gasteiger partial charge < -0.3 is 24.4 Å². The van der Waals surface area contributed by atoms with E-state index in [0.717, 1.165) is 6.42 Å². The van der Waals surface area contributed by atoms with E-state index in [-0.39, 0.29) is 12.5 Å². The molecule has 0 fully saturated rings. The normalized spacial score (nSPS) is 10.5. The Morgan fingerprint density at radius 1 is 1.04 bits per heavy atom. The molecule has 0 radical (unpaired) electrons. The molecule has 0 aliphatic carbocycles. The van der Waals surface area contributed by atoms with Crippen LogP contribution in [0, 0.1) is 0 Å². The lowest BCUT2D eigenvalue weighted by atomic mass is 10.1. The fourth-order valence-corrected chi connectivity index (χ4v) is 2.41. The van der Waals surface area contributed by atoms with Crippen LogP contribution in [0.25, 0.3) is 0 Å². The number of rotatable bonds is 10. The molecule has 2 aromatic carbocycles. The molecule has 0 bridgehead atoms. The first-order chi connectivity index (χ1) is 13.2. The minimum absolute atomic E-state index is 0.157. The molecule has 0 atom stereocenters. The summed E-state index contributed by atoms with van der Waals surface area (Å²) in [6, 6.07) is 13.4. The number of ether oxygens (including phenoxy) is 3. The number of carbonyl (C=O) groups is 1. The van der Waals surface area contributed by atoms with Gasteiger partial charge in [-0.3, -0.25) is 4.79 Å². The molecule has 1 amide bonds. The number of nitrogens with one attached hydrogen (secondary N) is 1. The van der Waals surface area contributed by atoms with Gasteiger partial charge in [-0.2, -0.15) is 0 Å². The minimum Gasteiger partial charge on any atom is -0.493 e. The minimum atomic E-state index is -0.229. The lowest BCUT2D eigenvalue weighted by Gasteiger charge is -2.12. The SMILES string of the molecule is COc1cc(/C=N\OCC(=O)NCCc2ccccc2)cc(OC)c1OC. The van der Waals surface area contributed by atoms with Crippen LogP contribution in [0.5, 0.6) is 17.2 Å². The monoisotopic (exact) mass is 372 g/mol. The van der Waals surface area contributed by atoms with Crippen LogP contribution in [0.15, 0.2) is 47.6 Å². The van der Waals surface area contributed by atoms with Crippen LogP contribution >= 0.6 is 0 Å². The topological polar surface area (TPSA) is 78.4 Å². The Hall–Kier alpha value is -3.22. The molecule has 0 saturated heterocycles. The molecule has 7 heteroatoms. The Balaban J connectivity index is 1.80. The molecule has 27 heavy (non-hydrogen) atoms. The van der Waals surface area contributed by atoms with E-state index in [1.807, 2.05) is 30.3 Å². The molecule has 0 unspecified atom stereocenters. The van der Waals surface area contributed by atoms with Crippen molar-refractivity contribution in [1.29, 1.82) is 0 Å². The summed E-state index contributed by atoms with van der Waals surface area (Å²) in [5, 5.41) is 6.60. The molecule has 144 valence electrons. The van der Waals surface area contributed by atoms with E-state index in [0.29, 0.717) is 29.4 Å². The molecule has 0 aliphatic rings. The van der Waals surface area contributed by atoms with E-state index in [1.165, 1.54) is 33.1 Å². The fraction of sp³-hybridized carbons (Fsp3) is 0.300. The smallest absolute Gasteiger partial charge is 0.260 e. The van der Waals surface area contributed by atoms with Gasteiger partial charge >= 0.3 is 0 Å². The summed E-state index contributed by atoms with van der Waals surface area (Å²) in [4.78, 5) is 16.8.